The normalized spacial score (nSPS) is 15.9. The molecular weight excluding hydrogens is 873 g/mol. The van der Waals surface area contributed by atoms with Crippen molar-refractivity contribution < 1.29 is 33.4 Å². The molecule has 3 aliphatic heterocycles. The van der Waals surface area contributed by atoms with Gasteiger partial charge in [-0.2, -0.15) is 10.1 Å². The summed E-state index contributed by atoms with van der Waals surface area (Å²) in [6, 6.07) is 16.2. The second kappa shape index (κ2) is 20.1. The van der Waals surface area contributed by atoms with Gasteiger partial charge >= 0.3 is 0 Å². The molecule has 6 aromatic rings. The Kier molecular flexibility index (Phi) is 13.4. The van der Waals surface area contributed by atoms with Crippen molar-refractivity contribution >= 4 is 69.4 Å². The van der Waals surface area contributed by atoms with Gasteiger partial charge in [-0.05, 0) is 73.2 Å². The number of benzene rings is 3. The van der Waals surface area contributed by atoms with Crippen molar-refractivity contribution in [1.82, 2.24) is 55.2 Å². The van der Waals surface area contributed by atoms with E-state index in [4.69, 9.17) is 19.6 Å². The Balaban J connectivity index is 0.659. The average molecular weight is 925 g/mol. The van der Waals surface area contributed by atoms with Gasteiger partial charge in [-0.15, -0.1) is 5.10 Å². The molecule has 1 unspecified atom stereocenters. The van der Waals surface area contributed by atoms with E-state index in [0.717, 1.165) is 63.6 Å². The van der Waals surface area contributed by atoms with Gasteiger partial charge in [0.15, 0.2) is 11.5 Å². The molecule has 3 aromatic heterocycles. The van der Waals surface area contributed by atoms with Gasteiger partial charge in [0.05, 0.1) is 61.7 Å². The van der Waals surface area contributed by atoms with E-state index in [1.54, 1.807) is 27.7 Å². The molecule has 21 heteroatoms. The molecule has 0 bridgehead atoms. The number of nitrogens with zero attached hydrogens (tertiary/aromatic N) is 9. The summed E-state index contributed by atoms with van der Waals surface area (Å²) in [6.07, 6.45) is 4.75. The largest absolute Gasteiger partial charge is 0.377 e. The van der Waals surface area contributed by atoms with Crippen molar-refractivity contribution in [1.29, 1.82) is 0 Å². The number of carbonyl (C=O) groups is 5. The first-order valence-corrected chi connectivity index (χ1v) is 22.5. The average Bonchev–Trinajstić information content (AvgIpc) is 3.98. The van der Waals surface area contributed by atoms with Crippen LogP contribution in [-0.2, 0) is 57.0 Å². The third-order valence-corrected chi connectivity index (χ3v) is 12.1. The fourth-order valence-electron chi connectivity index (χ4n) is 8.67. The highest BCUT2D eigenvalue weighted by atomic mass is 16.5. The van der Waals surface area contributed by atoms with E-state index in [1.807, 2.05) is 19.3 Å². The van der Waals surface area contributed by atoms with Crippen molar-refractivity contribution in [3.05, 3.63) is 106 Å². The second-order valence-electron chi connectivity index (χ2n) is 16.9. The molecule has 21 nitrogen and oxygen atoms in total. The summed E-state index contributed by atoms with van der Waals surface area (Å²) >= 11 is 0. The molecule has 9 rings (SSSR count). The maximum atomic E-state index is 13.3. The smallest absolute Gasteiger partial charge is 0.264 e. The molecule has 1 fully saturated rings. The van der Waals surface area contributed by atoms with Crippen LogP contribution in [0.5, 0.6) is 0 Å². The highest BCUT2D eigenvalue weighted by Gasteiger charge is 2.45. The van der Waals surface area contributed by atoms with E-state index >= 15 is 0 Å². The van der Waals surface area contributed by atoms with Gasteiger partial charge in [0.2, 0.25) is 23.7 Å². The molecule has 68 heavy (non-hydrogen) atoms. The summed E-state index contributed by atoms with van der Waals surface area (Å²) in [4.78, 5) is 75.5. The lowest BCUT2D eigenvalue weighted by atomic mass is 9.99. The molecule has 0 aliphatic carbocycles. The predicted octanol–water partition coefficient (Wildman–Crippen LogP) is 3.28. The van der Waals surface area contributed by atoms with Gasteiger partial charge in [0.25, 0.3) is 11.8 Å². The minimum absolute atomic E-state index is 0.0242. The number of hydrogen-bond donors (Lipinski definition) is 5. The summed E-state index contributed by atoms with van der Waals surface area (Å²) in [5.41, 5.74) is 8.86. The Bertz CT molecular complexity index is 2890. The summed E-state index contributed by atoms with van der Waals surface area (Å²) in [5.74, 6) is -1.55. The number of imide groups is 2. The van der Waals surface area contributed by atoms with Crippen LogP contribution in [0.1, 0.15) is 61.5 Å². The monoisotopic (exact) mass is 924 g/mol. The molecule has 0 spiro atoms. The van der Waals surface area contributed by atoms with E-state index < -0.39 is 29.7 Å². The first-order valence-electron chi connectivity index (χ1n) is 22.5. The first-order chi connectivity index (χ1) is 33.0. The van der Waals surface area contributed by atoms with E-state index in [-0.39, 0.29) is 49.6 Å². The molecule has 5 N–H and O–H groups in total. The van der Waals surface area contributed by atoms with Gasteiger partial charge < -0.3 is 30.7 Å². The Hall–Kier alpha value is -7.62. The third kappa shape index (κ3) is 10.0. The first kappa shape index (κ1) is 45.5. The fraction of sp³-hybridized carbons (Fsp3) is 0.362. The van der Waals surface area contributed by atoms with E-state index in [9.17, 15) is 24.0 Å². The number of nitrogens with one attached hydrogen (secondary N) is 5. The molecule has 1 atom stereocenters. The zero-order valence-electron chi connectivity index (χ0n) is 38.0. The summed E-state index contributed by atoms with van der Waals surface area (Å²) in [6.45, 7) is 8.49. The number of amides is 5. The molecule has 352 valence electrons. The summed E-state index contributed by atoms with van der Waals surface area (Å²) in [7, 11) is 1.88. The van der Waals surface area contributed by atoms with Gasteiger partial charge in [0.1, 0.15) is 6.04 Å². The minimum atomic E-state index is -1.08. The van der Waals surface area contributed by atoms with Gasteiger partial charge in [-0.1, -0.05) is 35.5 Å². The highest BCUT2D eigenvalue weighted by molar-refractivity contribution is 6.25. The lowest BCUT2D eigenvalue weighted by molar-refractivity contribution is -0.136. The number of carbonyl (C=O) groups excluding carboxylic acids is 5. The predicted molar refractivity (Wildman–Crippen MR) is 249 cm³/mol. The number of para-hydroxylation sites is 1. The van der Waals surface area contributed by atoms with Crippen molar-refractivity contribution in [3.8, 4) is 0 Å². The Morgan fingerprint density at radius 3 is 2.54 bits per heavy atom. The number of fused-ring (bicyclic) bond motifs is 3. The van der Waals surface area contributed by atoms with Crippen LogP contribution in [0.3, 0.4) is 0 Å². The molecule has 3 aliphatic rings. The molecular formula is C47H52N14O7. The number of aromatic nitrogens is 7. The zero-order valence-corrected chi connectivity index (χ0v) is 38.0. The number of aryl methyl sites for hydroxylation is 3. The quantitative estimate of drug-likeness (QED) is 0.0578. The van der Waals surface area contributed by atoms with Crippen molar-refractivity contribution in [2.45, 2.75) is 58.8 Å². The SMILES string of the molecule is Cc1cccc(C)c1Nc1nn(C)c2nc(Nc3ccc4c(c3)CN(Cc3cn(CCOCCOCCNC(=O)CNc5cccc6c5C(=O)N(C5CCC(=O)NC5=O)C6=O)nn3)CC4)ncc12. The van der Waals surface area contributed by atoms with E-state index in [1.165, 1.54) is 17.2 Å². The van der Waals surface area contributed by atoms with Crippen LogP contribution < -0.4 is 26.6 Å². The second-order valence-corrected chi connectivity index (χ2v) is 16.9. The molecule has 0 radical (unpaired) electrons. The standard InChI is InChI=1S/C47H52N14O7/c1-28-6-4-7-29(2)41(28)53-42-35-23-50-47(54-43(35)58(3)56-42)51-32-11-10-30-14-16-59(25-31(30)22-32)26-33-27-60(57-55-33)17-19-68-21-20-67-18-15-48-39(63)24-49-36-9-5-8-34-40(36)46(66)61(45(34)65)37-12-13-38(62)52-44(37)64/h4-11,22-23,27,37,49H,12-21,24-26H2,1-3H3,(H,48,63)(H,53,56)(H,50,51,54)(H,52,62,64). The van der Waals surface area contributed by atoms with E-state index in [0.29, 0.717) is 50.4 Å². The van der Waals surface area contributed by atoms with Crippen LogP contribution in [0.25, 0.3) is 11.0 Å². The molecule has 3 aromatic carbocycles. The van der Waals surface area contributed by atoms with Crippen LogP contribution in [0.4, 0.5) is 28.8 Å². The maximum Gasteiger partial charge on any atom is 0.264 e. The zero-order chi connectivity index (χ0) is 47.3. The molecule has 5 amide bonds. The third-order valence-electron chi connectivity index (χ3n) is 12.1. The van der Waals surface area contributed by atoms with Crippen LogP contribution in [-0.4, -0.2) is 126 Å². The van der Waals surface area contributed by atoms with Gasteiger partial charge in [-0.25, -0.2) is 14.3 Å². The topological polar surface area (TPSA) is 245 Å². The Labute approximate surface area is 390 Å². The maximum absolute atomic E-state index is 13.3. The van der Waals surface area contributed by atoms with E-state index in [2.05, 4.69) is 91.0 Å². The van der Waals surface area contributed by atoms with Crippen LogP contribution >= 0.6 is 0 Å². The minimum Gasteiger partial charge on any atom is -0.377 e. The lowest BCUT2D eigenvalue weighted by Crippen LogP contribution is -2.54. The van der Waals surface area contributed by atoms with Gasteiger partial charge in [-0.3, -0.25) is 39.1 Å². The molecule has 6 heterocycles. The van der Waals surface area contributed by atoms with Gasteiger partial charge in [0, 0.05) is 69.1 Å². The Morgan fingerprint density at radius 2 is 1.72 bits per heavy atom. The molecule has 1 saturated heterocycles. The number of ether oxygens (including phenoxy) is 2. The molecule has 0 saturated carbocycles. The van der Waals surface area contributed by atoms with Crippen LogP contribution in [0.2, 0.25) is 0 Å². The lowest BCUT2D eigenvalue weighted by Gasteiger charge is -2.28. The highest BCUT2D eigenvalue weighted by Crippen LogP contribution is 2.33. The fourth-order valence-corrected chi connectivity index (χ4v) is 8.67. The summed E-state index contributed by atoms with van der Waals surface area (Å²) in [5, 5.41) is 29.0. The Morgan fingerprint density at radius 1 is 0.912 bits per heavy atom. The van der Waals surface area contributed by atoms with Crippen LogP contribution in [0, 0.1) is 13.8 Å². The number of hydrogen-bond acceptors (Lipinski definition) is 16. The van der Waals surface area contributed by atoms with Crippen molar-refractivity contribution in [2.24, 2.45) is 7.05 Å². The number of piperidine rings is 1. The van der Waals surface area contributed by atoms with Crippen molar-refractivity contribution in [3.63, 3.8) is 0 Å². The number of rotatable bonds is 19. The number of anilines is 5. The summed E-state index contributed by atoms with van der Waals surface area (Å²) < 4.78 is 14.9. The van der Waals surface area contributed by atoms with Crippen LogP contribution in [0.15, 0.2) is 67.0 Å². The van der Waals surface area contributed by atoms with Crippen molar-refractivity contribution in [2.75, 3.05) is 62.0 Å².